The summed E-state index contributed by atoms with van der Waals surface area (Å²) in [5.74, 6) is 0. The first-order valence-electron chi connectivity index (χ1n) is 6.41. The largest absolute Gasteiger partial charge is 0.305 e. The normalized spacial score (nSPS) is 12.6. The van der Waals surface area contributed by atoms with Crippen LogP contribution in [0.1, 0.15) is 41.1 Å². The number of aryl methyl sites for hydroxylation is 2. The summed E-state index contributed by atoms with van der Waals surface area (Å²) in [7, 11) is 0. The van der Waals surface area contributed by atoms with Crippen molar-refractivity contribution in [3.63, 3.8) is 0 Å². The zero-order valence-electron chi connectivity index (χ0n) is 11.2. The second kappa shape index (κ2) is 6.12. The maximum Gasteiger partial charge on any atom is 0.0759 e. The lowest BCUT2D eigenvalue weighted by Gasteiger charge is -2.17. The van der Waals surface area contributed by atoms with Crippen LogP contribution in [0.5, 0.6) is 0 Å². The highest BCUT2D eigenvalue weighted by Crippen LogP contribution is 2.25. The summed E-state index contributed by atoms with van der Waals surface area (Å²) in [6.07, 6.45) is 3.02. The van der Waals surface area contributed by atoms with Gasteiger partial charge in [0, 0.05) is 11.1 Å². The summed E-state index contributed by atoms with van der Waals surface area (Å²) >= 11 is 1.80. The molecule has 0 spiro atoms. The van der Waals surface area contributed by atoms with Gasteiger partial charge in [0.1, 0.15) is 0 Å². The fourth-order valence-corrected chi connectivity index (χ4v) is 2.74. The van der Waals surface area contributed by atoms with Crippen molar-refractivity contribution in [2.24, 2.45) is 0 Å². The zero-order chi connectivity index (χ0) is 13.0. The van der Waals surface area contributed by atoms with Gasteiger partial charge < -0.3 is 5.32 Å². The summed E-state index contributed by atoms with van der Waals surface area (Å²) in [6.45, 7) is 7.46. The van der Waals surface area contributed by atoms with Crippen molar-refractivity contribution in [1.29, 1.82) is 0 Å². The molecule has 0 bridgehead atoms. The van der Waals surface area contributed by atoms with E-state index in [4.69, 9.17) is 0 Å². The summed E-state index contributed by atoms with van der Waals surface area (Å²) in [5, 5.41) is 5.82. The molecule has 1 atom stereocenters. The first kappa shape index (κ1) is 13.2. The van der Waals surface area contributed by atoms with Crippen molar-refractivity contribution in [2.75, 3.05) is 6.54 Å². The lowest BCUT2D eigenvalue weighted by atomic mass is 10.0. The van der Waals surface area contributed by atoms with Gasteiger partial charge in [0.2, 0.25) is 0 Å². The number of pyridine rings is 1. The van der Waals surface area contributed by atoms with Gasteiger partial charge >= 0.3 is 0 Å². The summed E-state index contributed by atoms with van der Waals surface area (Å²) in [4.78, 5) is 5.87. The van der Waals surface area contributed by atoms with Gasteiger partial charge in [-0.2, -0.15) is 0 Å². The fourth-order valence-electron chi connectivity index (χ4n) is 2.01. The molecule has 0 amide bonds. The molecule has 2 nitrogen and oxygen atoms in total. The van der Waals surface area contributed by atoms with E-state index in [-0.39, 0.29) is 6.04 Å². The Kier molecular flexibility index (Phi) is 4.50. The van der Waals surface area contributed by atoms with Crippen LogP contribution in [0, 0.1) is 13.8 Å². The van der Waals surface area contributed by atoms with Crippen LogP contribution in [-0.4, -0.2) is 11.5 Å². The minimum Gasteiger partial charge on any atom is -0.305 e. The van der Waals surface area contributed by atoms with E-state index < -0.39 is 0 Å². The molecule has 0 aromatic carbocycles. The van der Waals surface area contributed by atoms with Gasteiger partial charge in [0.25, 0.3) is 0 Å². The molecule has 0 radical (unpaired) electrons. The number of nitrogens with one attached hydrogen (secondary N) is 1. The van der Waals surface area contributed by atoms with Gasteiger partial charge in [-0.3, -0.25) is 4.98 Å². The highest BCUT2D eigenvalue weighted by atomic mass is 32.1. The van der Waals surface area contributed by atoms with E-state index in [9.17, 15) is 0 Å². The molecule has 2 aromatic heterocycles. The van der Waals surface area contributed by atoms with Crippen LogP contribution >= 0.6 is 11.3 Å². The smallest absolute Gasteiger partial charge is 0.0759 e. The molecule has 0 aliphatic carbocycles. The van der Waals surface area contributed by atoms with Crippen LogP contribution in [0.15, 0.2) is 29.8 Å². The Morgan fingerprint density at radius 1 is 1.33 bits per heavy atom. The molecular weight excluding hydrogens is 240 g/mol. The number of hydrogen-bond donors (Lipinski definition) is 1. The zero-order valence-corrected chi connectivity index (χ0v) is 12.1. The van der Waals surface area contributed by atoms with Crippen LogP contribution in [0.4, 0.5) is 0 Å². The molecule has 0 aliphatic rings. The summed E-state index contributed by atoms with van der Waals surface area (Å²) < 4.78 is 0. The average molecular weight is 260 g/mol. The minimum absolute atomic E-state index is 0.217. The molecule has 0 saturated heterocycles. The van der Waals surface area contributed by atoms with E-state index in [1.54, 1.807) is 11.3 Å². The fraction of sp³-hybridized carbons (Fsp3) is 0.400. The third kappa shape index (κ3) is 3.18. The van der Waals surface area contributed by atoms with Crippen LogP contribution in [-0.2, 0) is 0 Å². The van der Waals surface area contributed by atoms with E-state index in [0.717, 1.165) is 18.7 Å². The quantitative estimate of drug-likeness (QED) is 0.883. The maximum atomic E-state index is 4.52. The lowest BCUT2D eigenvalue weighted by molar-refractivity contribution is 0.587. The molecule has 96 valence electrons. The predicted molar refractivity (Wildman–Crippen MR) is 78.2 cm³/mol. The maximum absolute atomic E-state index is 4.52. The molecule has 1 N–H and O–H groups in total. The SMILES string of the molecule is CCCNC(c1csc(C)c1)c1cc(C)ccn1. The Bertz CT molecular complexity index is 505. The summed E-state index contributed by atoms with van der Waals surface area (Å²) in [6, 6.07) is 6.68. The first-order valence-corrected chi connectivity index (χ1v) is 7.29. The van der Waals surface area contributed by atoms with Crippen LogP contribution < -0.4 is 5.32 Å². The molecule has 0 fully saturated rings. The third-order valence-electron chi connectivity index (χ3n) is 2.91. The Morgan fingerprint density at radius 2 is 2.17 bits per heavy atom. The third-order valence-corrected chi connectivity index (χ3v) is 3.79. The Labute approximate surface area is 113 Å². The van der Waals surface area contributed by atoms with Gasteiger partial charge in [-0.25, -0.2) is 0 Å². The number of rotatable bonds is 5. The van der Waals surface area contributed by atoms with E-state index in [1.807, 2.05) is 12.3 Å². The molecule has 1 unspecified atom stereocenters. The predicted octanol–water partition coefficient (Wildman–Crippen LogP) is 3.85. The van der Waals surface area contributed by atoms with Gasteiger partial charge in [0.15, 0.2) is 0 Å². The summed E-state index contributed by atoms with van der Waals surface area (Å²) in [5.41, 5.74) is 3.69. The van der Waals surface area contributed by atoms with Crippen molar-refractivity contribution < 1.29 is 0 Å². The molecule has 2 aromatic rings. The molecule has 2 heterocycles. The van der Waals surface area contributed by atoms with Crippen LogP contribution in [0.25, 0.3) is 0 Å². The molecule has 3 heteroatoms. The van der Waals surface area contributed by atoms with E-state index >= 15 is 0 Å². The van der Waals surface area contributed by atoms with Crippen LogP contribution in [0.3, 0.4) is 0 Å². The number of thiophene rings is 1. The number of aromatic nitrogens is 1. The number of nitrogens with zero attached hydrogens (tertiary/aromatic N) is 1. The molecule has 0 saturated carbocycles. The van der Waals surface area contributed by atoms with E-state index in [0.29, 0.717) is 0 Å². The topological polar surface area (TPSA) is 24.9 Å². The van der Waals surface area contributed by atoms with Gasteiger partial charge in [-0.1, -0.05) is 6.92 Å². The second-order valence-electron chi connectivity index (χ2n) is 4.64. The molecule has 0 aliphatic heterocycles. The van der Waals surface area contributed by atoms with Crippen molar-refractivity contribution in [3.8, 4) is 0 Å². The van der Waals surface area contributed by atoms with Crippen molar-refractivity contribution in [2.45, 2.75) is 33.2 Å². The van der Waals surface area contributed by atoms with Gasteiger partial charge in [-0.15, -0.1) is 11.3 Å². The van der Waals surface area contributed by atoms with Crippen LogP contribution in [0.2, 0.25) is 0 Å². The lowest BCUT2D eigenvalue weighted by Crippen LogP contribution is -2.23. The highest BCUT2D eigenvalue weighted by molar-refractivity contribution is 7.10. The van der Waals surface area contributed by atoms with Crippen molar-refractivity contribution in [1.82, 2.24) is 10.3 Å². The minimum atomic E-state index is 0.217. The van der Waals surface area contributed by atoms with E-state index in [1.165, 1.54) is 16.0 Å². The molecule has 2 rings (SSSR count). The number of hydrogen-bond acceptors (Lipinski definition) is 3. The van der Waals surface area contributed by atoms with Crippen molar-refractivity contribution in [3.05, 3.63) is 51.5 Å². The second-order valence-corrected chi connectivity index (χ2v) is 5.75. The average Bonchev–Trinajstić information content (AvgIpc) is 2.76. The van der Waals surface area contributed by atoms with E-state index in [2.05, 4.69) is 48.6 Å². The van der Waals surface area contributed by atoms with Gasteiger partial charge in [0.05, 0.1) is 11.7 Å². The Morgan fingerprint density at radius 3 is 2.78 bits per heavy atom. The standard InChI is InChI=1S/C15H20N2S/c1-4-6-17-15(13-9-12(3)18-10-13)14-8-11(2)5-7-16-14/h5,7-10,15,17H,4,6H2,1-3H3. The first-order chi connectivity index (χ1) is 8.70. The Hall–Kier alpha value is -1.19. The van der Waals surface area contributed by atoms with Gasteiger partial charge in [-0.05, 0) is 61.5 Å². The highest BCUT2D eigenvalue weighted by Gasteiger charge is 2.15. The monoisotopic (exact) mass is 260 g/mol. The molecule has 18 heavy (non-hydrogen) atoms. The van der Waals surface area contributed by atoms with Crippen molar-refractivity contribution >= 4 is 11.3 Å². The Balaban J connectivity index is 2.30. The molecular formula is C15H20N2S.